The third kappa shape index (κ3) is 5.03. The zero-order chi connectivity index (χ0) is 20.1. The molecule has 0 unspecified atom stereocenters. The predicted octanol–water partition coefficient (Wildman–Crippen LogP) is 4.20. The molecule has 2 amide bonds. The SMILES string of the molecule is CC(C)(C)c1ccc(N2CCN(C(=O)NCCc3ccccc3F)CC2)cc1. The number of rotatable bonds is 4. The molecule has 0 atom stereocenters. The van der Waals surface area contributed by atoms with Crippen molar-refractivity contribution in [1.82, 2.24) is 10.2 Å². The van der Waals surface area contributed by atoms with E-state index in [-0.39, 0.29) is 17.3 Å². The van der Waals surface area contributed by atoms with Gasteiger partial charge < -0.3 is 15.1 Å². The zero-order valence-electron chi connectivity index (χ0n) is 17.0. The molecule has 1 aliphatic heterocycles. The number of piperazine rings is 1. The van der Waals surface area contributed by atoms with E-state index in [9.17, 15) is 9.18 Å². The number of carbonyl (C=O) groups excluding carboxylic acids is 1. The first-order chi connectivity index (χ1) is 13.3. The minimum Gasteiger partial charge on any atom is -0.368 e. The molecule has 28 heavy (non-hydrogen) atoms. The number of nitrogens with one attached hydrogen (secondary N) is 1. The molecule has 2 aromatic carbocycles. The highest BCUT2D eigenvalue weighted by molar-refractivity contribution is 5.74. The zero-order valence-corrected chi connectivity index (χ0v) is 17.0. The van der Waals surface area contributed by atoms with Gasteiger partial charge in [0, 0.05) is 38.4 Å². The summed E-state index contributed by atoms with van der Waals surface area (Å²) in [6.07, 6.45) is 0.499. The summed E-state index contributed by atoms with van der Waals surface area (Å²) < 4.78 is 13.6. The van der Waals surface area contributed by atoms with Crippen molar-refractivity contribution in [3.8, 4) is 0 Å². The van der Waals surface area contributed by atoms with Crippen molar-refractivity contribution >= 4 is 11.7 Å². The summed E-state index contributed by atoms with van der Waals surface area (Å²) in [5.41, 5.74) is 3.31. The van der Waals surface area contributed by atoms with Crippen molar-refractivity contribution in [2.24, 2.45) is 0 Å². The average molecular weight is 384 g/mol. The van der Waals surface area contributed by atoms with Crippen molar-refractivity contribution in [3.05, 3.63) is 65.5 Å². The maximum absolute atomic E-state index is 13.6. The Balaban J connectivity index is 1.45. The topological polar surface area (TPSA) is 35.6 Å². The highest BCUT2D eigenvalue weighted by Crippen LogP contribution is 2.25. The molecule has 0 spiro atoms. The van der Waals surface area contributed by atoms with Crippen LogP contribution in [0.4, 0.5) is 14.9 Å². The molecule has 5 heteroatoms. The van der Waals surface area contributed by atoms with Crippen molar-refractivity contribution in [2.45, 2.75) is 32.6 Å². The van der Waals surface area contributed by atoms with Crippen LogP contribution in [0.25, 0.3) is 0 Å². The molecule has 1 aliphatic rings. The normalized spacial score (nSPS) is 14.9. The van der Waals surface area contributed by atoms with E-state index in [1.165, 1.54) is 17.3 Å². The van der Waals surface area contributed by atoms with E-state index < -0.39 is 0 Å². The van der Waals surface area contributed by atoms with Gasteiger partial charge in [-0.05, 0) is 41.2 Å². The van der Waals surface area contributed by atoms with Gasteiger partial charge in [-0.15, -0.1) is 0 Å². The number of nitrogens with zero attached hydrogens (tertiary/aromatic N) is 2. The van der Waals surface area contributed by atoms with Gasteiger partial charge in [0.1, 0.15) is 5.82 Å². The molecule has 1 fully saturated rings. The van der Waals surface area contributed by atoms with Crippen LogP contribution in [0.2, 0.25) is 0 Å². The lowest BCUT2D eigenvalue weighted by Crippen LogP contribution is -2.52. The second-order valence-corrected chi connectivity index (χ2v) is 8.34. The van der Waals surface area contributed by atoms with Gasteiger partial charge >= 0.3 is 6.03 Å². The molecule has 0 radical (unpaired) electrons. The minimum atomic E-state index is -0.220. The maximum atomic E-state index is 13.6. The molecule has 0 saturated carbocycles. The molecular weight excluding hydrogens is 353 g/mol. The van der Waals surface area contributed by atoms with Crippen LogP contribution in [0.1, 0.15) is 31.9 Å². The lowest BCUT2D eigenvalue weighted by Gasteiger charge is -2.36. The Labute approximate surface area is 167 Å². The summed E-state index contributed by atoms with van der Waals surface area (Å²) in [6, 6.07) is 15.3. The Morgan fingerprint density at radius 3 is 2.25 bits per heavy atom. The second kappa shape index (κ2) is 8.63. The molecule has 0 bridgehead atoms. The smallest absolute Gasteiger partial charge is 0.317 e. The summed E-state index contributed by atoms with van der Waals surface area (Å²) in [5, 5.41) is 2.91. The van der Waals surface area contributed by atoms with E-state index >= 15 is 0 Å². The predicted molar refractivity (Wildman–Crippen MR) is 112 cm³/mol. The number of hydrogen-bond donors (Lipinski definition) is 1. The first-order valence-electron chi connectivity index (χ1n) is 9.96. The van der Waals surface area contributed by atoms with Crippen LogP contribution in [-0.2, 0) is 11.8 Å². The van der Waals surface area contributed by atoms with Gasteiger partial charge in [0.2, 0.25) is 0 Å². The Morgan fingerprint density at radius 1 is 1.00 bits per heavy atom. The molecule has 0 aliphatic carbocycles. The summed E-state index contributed by atoms with van der Waals surface area (Å²) in [6.45, 7) is 10.1. The van der Waals surface area contributed by atoms with E-state index in [0.717, 1.165) is 13.1 Å². The van der Waals surface area contributed by atoms with E-state index in [1.807, 2.05) is 11.0 Å². The fourth-order valence-corrected chi connectivity index (χ4v) is 3.46. The van der Waals surface area contributed by atoms with E-state index in [2.05, 4.69) is 55.3 Å². The molecule has 1 saturated heterocycles. The van der Waals surface area contributed by atoms with Gasteiger partial charge in [0.05, 0.1) is 0 Å². The lowest BCUT2D eigenvalue weighted by atomic mass is 9.87. The minimum absolute atomic E-state index is 0.0703. The molecule has 3 rings (SSSR count). The van der Waals surface area contributed by atoms with Crippen molar-refractivity contribution in [3.63, 3.8) is 0 Å². The molecule has 1 heterocycles. The van der Waals surface area contributed by atoms with E-state index in [0.29, 0.717) is 31.6 Å². The number of amides is 2. The highest BCUT2D eigenvalue weighted by atomic mass is 19.1. The van der Waals surface area contributed by atoms with Gasteiger partial charge in [0.15, 0.2) is 0 Å². The fraction of sp³-hybridized carbons (Fsp3) is 0.435. The Kier molecular flexibility index (Phi) is 6.22. The summed E-state index contributed by atoms with van der Waals surface area (Å²) in [7, 11) is 0. The van der Waals surface area contributed by atoms with Gasteiger partial charge in [0.25, 0.3) is 0 Å². The maximum Gasteiger partial charge on any atom is 0.317 e. The number of carbonyl (C=O) groups is 1. The standard InChI is InChI=1S/C23H30FN3O/c1-23(2,3)19-8-10-20(11-9-19)26-14-16-27(17-15-26)22(28)25-13-12-18-6-4-5-7-21(18)24/h4-11H,12-17H2,1-3H3,(H,25,28). The third-order valence-corrected chi connectivity index (χ3v) is 5.29. The largest absolute Gasteiger partial charge is 0.368 e. The summed E-state index contributed by atoms with van der Waals surface area (Å²) in [4.78, 5) is 16.5. The van der Waals surface area contributed by atoms with Crippen LogP contribution in [-0.4, -0.2) is 43.7 Å². The van der Waals surface area contributed by atoms with Crippen molar-refractivity contribution < 1.29 is 9.18 Å². The molecular formula is C23H30FN3O. The average Bonchev–Trinajstić information content (AvgIpc) is 2.69. The first-order valence-corrected chi connectivity index (χ1v) is 9.96. The second-order valence-electron chi connectivity index (χ2n) is 8.34. The first kappa shape index (κ1) is 20.2. The Hall–Kier alpha value is -2.56. The summed E-state index contributed by atoms with van der Waals surface area (Å²) >= 11 is 0. The van der Waals surface area contributed by atoms with Crippen LogP contribution < -0.4 is 10.2 Å². The van der Waals surface area contributed by atoms with E-state index in [4.69, 9.17) is 0 Å². The Morgan fingerprint density at radius 2 is 1.64 bits per heavy atom. The monoisotopic (exact) mass is 383 g/mol. The number of hydrogen-bond acceptors (Lipinski definition) is 2. The van der Waals surface area contributed by atoms with Gasteiger partial charge in [-0.2, -0.15) is 0 Å². The van der Waals surface area contributed by atoms with Crippen molar-refractivity contribution in [2.75, 3.05) is 37.6 Å². The van der Waals surface area contributed by atoms with Crippen LogP contribution in [0.3, 0.4) is 0 Å². The number of benzene rings is 2. The van der Waals surface area contributed by atoms with Gasteiger partial charge in [-0.1, -0.05) is 51.1 Å². The number of anilines is 1. The Bertz CT molecular complexity index is 790. The molecule has 1 N–H and O–H groups in total. The van der Waals surface area contributed by atoms with Gasteiger partial charge in [-0.3, -0.25) is 0 Å². The van der Waals surface area contributed by atoms with Crippen LogP contribution >= 0.6 is 0 Å². The third-order valence-electron chi connectivity index (χ3n) is 5.29. The molecule has 150 valence electrons. The summed E-state index contributed by atoms with van der Waals surface area (Å²) in [5.74, 6) is -0.220. The molecule has 2 aromatic rings. The van der Waals surface area contributed by atoms with Crippen molar-refractivity contribution in [1.29, 1.82) is 0 Å². The number of urea groups is 1. The molecule has 4 nitrogen and oxygen atoms in total. The van der Waals surface area contributed by atoms with Gasteiger partial charge in [-0.25, -0.2) is 9.18 Å². The quantitative estimate of drug-likeness (QED) is 0.859. The fourth-order valence-electron chi connectivity index (χ4n) is 3.46. The lowest BCUT2D eigenvalue weighted by molar-refractivity contribution is 0.194. The highest BCUT2D eigenvalue weighted by Gasteiger charge is 2.21. The van der Waals surface area contributed by atoms with E-state index in [1.54, 1.807) is 12.1 Å². The van der Waals surface area contributed by atoms with Crippen LogP contribution in [0.5, 0.6) is 0 Å². The van der Waals surface area contributed by atoms with Crippen LogP contribution in [0.15, 0.2) is 48.5 Å². The van der Waals surface area contributed by atoms with Crippen LogP contribution in [0, 0.1) is 5.82 Å². The number of halogens is 1. The molecule has 0 aromatic heterocycles.